The zero-order valence-electron chi connectivity index (χ0n) is 13.9. The van der Waals surface area contributed by atoms with Crippen LogP contribution in [-0.2, 0) is 4.79 Å². The van der Waals surface area contributed by atoms with E-state index in [1.807, 2.05) is 49.3 Å². The maximum atomic E-state index is 12.5. The van der Waals surface area contributed by atoms with Crippen molar-refractivity contribution in [2.75, 3.05) is 18.1 Å². The molecule has 4 N–H and O–H groups in total. The van der Waals surface area contributed by atoms with E-state index in [2.05, 4.69) is 21.0 Å². The van der Waals surface area contributed by atoms with Crippen LogP contribution in [-0.4, -0.2) is 47.1 Å². The summed E-state index contributed by atoms with van der Waals surface area (Å²) in [7, 11) is 0. The lowest BCUT2D eigenvalue weighted by Gasteiger charge is -2.37. The number of hydrazine groups is 1. The van der Waals surface area contributed by atoms with Gasteiger partial charge >= 0.3 is 0 Å². The van der Waals surface area contributed by atoms with Gasteiger partial charge in [0.2, 0.25) is 0 Å². The van der Waals surface area contributed by atoms with Gasteiger partial charge in [-0.3, -0.25) is 20.0 Å². The Balaban J connectivity index is 1.51. The number of carbonyl (C=O) groups excluding carboxylic acids is 1. The Hall–Kier alpha value is -1.93. The second kappa shape index (κ2) is 5.56. The quantitative estimate of drug-likeness (QED) is 0.611. The van der Waals surface area contributed by atoms with Crippen LogP contribution in [0.5, 0.6) is 0 Å². The maximum absolute atomic E-state index is 12.5. The Morgan fingerprint density at radius 3 is 2.83 bits per heavy atom. The molecule has 3 unspecified atom stereocenters. The highest BCUT2D eigenvalue weighted by atomic mass is 16.3. The van der Waals surface area contributed by atoms with E-state index in [1.165, 1.54) is 0 Å². The van der Waals surface area contributed by atoms with E-state index in [-0.39, 0.29) is 18.4 Å². The van der Waals surface area contributed by atoms with E-state index in [0.29, 0.717) is 18.5 Å². The molecule has 128 valence electrons. The predicted octanol–water partition coefficient (Wildman–Crippen LogP) is -0.0107. The molecule has 7 heteroatoms. The normalized spacial score (nSPS) is 33.4. The number of benzene rings is 1. The number of nitrogens with zero attached hydrogens (tertiary/aromatic N) is 2. The van der Waals surface area contributed by atoms with Crippen LogP contribution in [0.1, 0.15) is 18.9 Å². The molecule has 1 amide bonds. The molecule has 1 aromatic rings. The molecule has 2 fully saturated rings. The number of amides is 1. The first kappa shape index (κ1) is 15.6. The standard InChI is InChI=1S/C17H23N5O2/c1-11-5-3-4-6-13(11)22-9-12-14(20-22)18-16(19-15(12)23)21-8-7-17(2,24)10-21/h3-6,9,14,16,18,20,24H,7-8,10H2,1-2H3,(H,19,23). The van der Waals surface area contributed by atoms with Gasteiger partial charge in [0.05, 0.1) is 16.9 Å². The highest BCUT2D eigenvalue weighted by Crippen LogP contribution is 2.26. The number of aliphatic hydroxyl groups is 1. The predicted molar refractivity (Wildman–Crippen MR) is 90.5 cm³/mol. The van der Waals surface area contributed by atoms with Crippen LogP contribution in [0.2, 0.25) is 0 Å². The third kappa shape index (κ3) is 2.69. The molecule has 4 rings (SSSR count). The van der Waals surface area contributed by atoms with E-state index in [9.17, 15) is 9.90 Å². The number of nitrogens with one attached hydrogen (secondary N) is 3. The van der Waals surface area contributed by atoms with E-state index in [1.54, 1.807) is 0 Å². The average molecular weight is 329 g/mol. The number of hydrogen-bond acceptors (Lipinski definition) is 6. The van der Waals surface area contributed by atoms with Crippen LogP contribution in [0.15, 0.2) is 36.0 Å². The van der Waals surface area contributed by atoms with Crippen LogP contribution in [0.4, 0.5) is 5.69 Å². The zero-order valence-corrected chi connectivity index (χ0v) is 13.9. The lowest BCUT2D eigenvalue weighted by Crippen LogP contribution is -2.67. The van der Waals surface area contributed by atoms with Crippen molar-refractivity contribution in [2.24, 2.45) is 0 Å². The van der Waals surface area contributed by atoms with Crippen molar-refractivity contribution in [3.8, 4) is 0 Å². The monoisotopic (exact) mass is 329 g/mol. The fourth-order valence-corrected chi connectivity index (χ4v) is 3.55. The van der Waals surface area contributed by atoms with Gasteiger partial charge in [-0.2, -0.15) is 0 Å². The molecule has 3 atom stereocenters. The van der Waals surface area contributed by atoms with Crippen molar-refractivity contribution >= 4 is 11.6 Å². The zero-order chi connectivity index (χ0) is 16.9. The number of β-amino-alcohol motifs (C(OH)–C–C–N with tert-alkyl or cyclic N) is 1. The number of fused-ring (bicyclic) bond motifs is 1. The largest absolute Gasteiger partial charge is 0.389 e. The summed E-state index contributed by atoms with van der Waals surface area (Å²) in [6.45, 7) is 5.16. The third-order valence-electron chi connectivity index (χ3n) is 4.92. The van der Waals surface area contributed by atoms with Crippen LogP contribution in [0, 0.1) is 6.92 Å². The lowest BCUT2D eigenvalue weighted by molar-refractivity contribution is -0.122. The smallest absolute Gasteiger partial charge is 0.254 e. The average Bonchev–Trinajstić information content (AvgIpc) is 3.11. The van der Waals surface area contributed by atoms with Gasteiger partial charge in [-0.15, -0.1) is 0 Å². The van der Waals surface area contributed by atoms with E-state index in [4.69, 9.17) is 0 Å². The molecule has 0 aliphatic carbocycles. The minimum Gasteiger partial charge on any atom is -0.389 e. The number of aryl methyl sites for hydroxylation is 1. The first-order valence-electron chi connectivity index (χ1n) is 8.29. The molecule has 0 aromatic heterocycles. The highest BCUT2D eigenvalue weighted by Gasteiger charge is 2.42. The van der Waals surface area contributed by atoms with Gasteiger partial charge in [0.25, 0.3) is 5.91 Å². The fourth-order valence-electron chi connectivity index (χ4n) is 3.55. The van der Waals surface area contributed by atoms with Gasteiger partial charge in [0, 0.05) is 19.3 Å². The van der Waals surface area contributed by atoms with Gasteiger partial charge in [0.1, 0.15) is 12.5 Å². The first-order valence-corrected chi connectivity index (χ1v) is 8.29. The van der Waals surface area contributed by atoms with Crippen LogP contribution in [0.3, 0.4) is 0 Å². The second-order valence-electron chi connectivity index (χ2n) is 7.06. The van der Waals surface area contributed by atoms with Crippen LogP contribution < -0.4 is 21.1 Å². The van der Waals surface area contributed by atoms with E-state index >= 15 is 0 Å². The summed E-state index contributed by atoms with van der Waals surface area (Å²) in [5.74, 6) is -0.0844. The van der Waals surface area contributed by atoms with E-state index < -0.39 is 5.60 Å². The SMILES string of the molecule is Cc1ccccc1N1C=C2C(=O)NC(N3CCC(C)(O)C3)NC2N1. The molecule has 0 bridgehead atoms. The van der Waals surface area contributed by atoms with Crippen molar-refractivity contribution in [3.05, 3.63) is 41.6 Å². The number of para-hydroxylation sites is 1. The number of carbonyl (C=O) groups is 1. The fraction of sp³-hybridized carbons (Fsp3) is 0.471. The number of rotatable bonds is 2. The van der Waals surface area contributed by atoms with Gasteiger partial charge in [0.15, 0.2) is 0 Å². The molecule has 2 saturated heterocycles. The summed E-state index contributed by atoms with van der Waals surface area (Å²) < 4.78 is 0. The summed E-state index contributed by atoms with van der Waals surface area (Å²) in [6, 6.07) is 8.03. The summed E-state index contributed by atoms with van der Waals surface area (Å²) in [5.41, 5.74) is 5.46. The van der Waals surface area contributed by atoms with Crippen molar-refractivity contribution in [1.29, 1.82) is 0 Å². The Bertz CT molecular complexity index is 702. The highest BCUT2D eigenvalue weighted by molar-refractivity contribution is 5.96. The molecule has 0 radical (unpaired) electrons. The lowest BCUT2D eigenvalue weighted by atomic mass is 10.1. The summed E-state index contributed by atoms with van der Waals surface area (Å²) >= 11 is 0. The Kier molecular flexibility index (Phi) is 3.61. The molecule has 0 saturated carbocycles. The molecule has 1 aromatic carbocycles. The Labute approximate surface area is 141 Å². The molecule has 3 aliphatic rings. The van der Waals surface area contributed by atoms with Crippen LogP contribution in [0.25, 0.3) is 0 Å². The summed E-state index contributed by atoms with van der Waals surface area (Å²) in [4.78, 5) is 14.6. The molecule has 3 aliphatic heterocycles. The Morgan fingerprint density at radius 2 is 2.12 bits per heavy atom. The third-order valence-corrected chi connectivity index (χ3v) is 4.92. The molecular weight excluding hydrogens is 306 g/mol. The summed E-state index contributed by atoms with van der Waals surface area (Å²) in [5, 5.41) is 18.4. The minimum absolute atomic E-state index is 0.0844. The van der Waals surface area contributed by atoms with Crippen molar-refractivity contribution in [2.45, 2.75) is 38.3 Å². The van der Waals surface area contributed by atoms with Crippen LogP contribution >= 0.6 is 0 Å². The molecular formula is C17H23N5O2. The first-order chi connectivity index (χ1) is 11.4. The molecule has 7 nitrogen and oxygen atoms in total. The van der Waals surface area contributed by atoms with Crippen molar-refractivity contribution in [3.63, 3.8) is 0 Å². The van der Waals surface area contributed by atoms with Gasteiger partial charge in [-0.25, -0.2) is 5.43 Å². The van der Waals surface area contributed by atoms with E-state index in [0.717, 1.165) is 17.8 Å². The number of anilines is 1. The number of hydrogen-bond donors (Lipinski definition) is 4. The van der Waals surface area contributed by atoms with Gasteiger partial charge < -0.3 is 10.4 Å². The second-order valence-corrected chi connectivity index (χ2v) is 7.06. The van der Waals surface area contributed by atoms with Gasteiger partial charge in [-0.1, -0.05) is 18.2 Å². The molecule has 3 heterocycles. The Morgan fingerprint density at radius 1 is 1.33 bits per heavy atom. The van der Waals surface area contributed by atoms with Gasteiger partial charge in [-0.05, 0) is 31.9 Å². The number of likely N-dealkylation sites (tertiary alicyclic amines) is 1. The van der Waals surface area contributed by atoms with Crippen molar-refractivity contribution in [1.82, 2.24) is 21.0 Å². The topological polar surface area (TPSA) is 79.9 Å². The molecule has 24 heavy (non-hydrogen) atoms. The maximum Gasteiger partial charge on any atom is 0.254 e. The summed E-state index contributed by atoms with van der Waals surface area (Å²) in [6.07, 6.45) is 2.02. The minimum atomic E-state index is -0.696. The van der Waals surface area contributed by atoms with Crippen molar-refractivity contribution < 1.29 is 9.90 Å². The molecule has 0 spiro atoms.